The Morgan fingerprint density at radius 1 is 1.18 bits per heavy atom. The van der Waals surface area contributed by atoms with Gasteiger partial charge in [-0.2, -0.15) is 13.2 Å². The minimum Gasteiger partial charge on any atom is -0.305 e. The maximum atomic E-state index is 13.9. The first-order chi connectivity index (χ1) is 10.1. The van der Waals surface area contributed by atoms with E-state index >= 15 is 0 Å². The molecule has 2 atom stereocenters. The molecule has 0 unspecified atom stereocenters. The lowest BCUT2D eigenvalue weighted by Gasteiger charge is -2.24. The standard InChI is InChI=1S/C13H11F4NO3S/c14-9-2-1-8(13(15,16)17)4-10(9)18-11-6-22(20,21)5-7(11)3-12(18)19/h1-2,4,7,11H,3,5-6H2/t7-,11+/m0/s1. The van der Waals surface area contributed by atoms with E-state index in [1.54, 1.807) is 0 Å². The first-order valence-electron chi connectivity index (χ1n) is 6.48. The van der Waals surface area contributed by atoms with Crippen molar-refractivity contribution in [1.82, 2.24) is 0 Å². The third-order valence-corrected chi connectivity index (χ3v) is 5.79. The molecule has 0 radical (unpaired) electrons. The lowest BCUT2D eigenvalue weighted by Crippen LogP contribution is -2.37. The van der Waals surface area contributed by atoms with Crippen molar-refractivity contribution in [3.05, 3.63) is 29.6 Å². The van der Waals surface area contributed by atoms with E-state index in [4.69, 9.17) is 0 Å². The van der Waals surface area contributed by atoms with Crippen LogP contribution >= 0.6 is 0 Å². The van der Waals surface area contributed by atoms with E-state index in [-0.39, 0.29) is 17.9 Å². The molecule has 0 saturated carbocycles. The highest BCUT2D eigenvalue weighted by Crippen LogP contribution is 2.40. The van der Waals surface area contributed by atoms with Crippen molar-refractivity contribution < 1.29 is 30.8 Å². The van der Waals surface area contributed by atoms with Crippen LogP contribution in [0.3, 0.4) is 0 Å². The van der Waals surface area contributed by atoms with Crippen molar-refractivity contribution >= 4 is 21.4 Å². The molecule has 120 valence electrons. The fourth-order valence-electron chi connectivity index (χ4n) is 3.08. The maximum Gasteiger partial charge on any atom is 0.416 e. The zero-order valence-electron chi connectivity index (χ0n) is 11.1. The Balaban J connectivity index is 2.05. The van der Waals surface area contributed by atoms with Crippen LogP contribution in [0.15, 0.2) is 18.2 Å². The SMILES string of the molecule is O=C1C[C@H]2CS(=O)(=O)C[C@H]2N1c1cc(C(F)(F)F)ccc1F. The number of fused-ring (bicyclic) bond motifs is 1. The summed E-state index contributed by atoms with van der Waals surface area (Å²) < 4.78 is 75.4. The van der Waals surface area contributed by atoms with E-state index in [2.05, 4.69) is 0 Å². The molecule has 0 aliphatic carbocycles. The minimum atomic E-state index is -4.67. The second kappa shape index (κ2) is 4.68. The number of carbonyl (C=O) groups excluding carboxylic acids is 1. The molecule has 4 nitrogen and oxygen atoms in total. The normalized spacial score (nSPS) is 27.3. The number of alkyl halides is 3. The van der Waals surface area contributed by atoms with Crippen molar-refractivity contribution in [3.63, 3.8) is 0 Å². The van der Waals surface area contributed by atoms with Gasteiger partial charge in [0.25, 0.3) is 0 Å². The van der Waals surface area contributed by atoms with Crippen LogP contribution in [-0.4, -0.2) is 31.9 Å². The van der Waals surface area contributed by atoms with Crippen molar-refractivity contribution in [1.29, 1.82) is 0 Å². The minimum absolute atomic E-state index is 0.0976. The second-order valence-corrected chi connectivity index (χ2v) is 7.69. The van der Waals surface area contributed by atoms with Crippen LogP contribution in [0.5, 0.6) is 0 Å². The summed E-state index contributed by atoms with van der Waals surface area (Å²) in [5.41, 5.74) is -1.59. The van der Waals surface area contributed by atoms with Crippen LogP contribution < -0.4 is 4.90 Å². The molecule has 1 amide bonds. The molecule has 0 bridgehead atoms. The largest absolute Gasteiger partial charge is 0.416 e. The van der Waals surface area contributed by atoms with E-state index < -0.39 is 50.9 Å². The number of halogens is 4. The maximum absolute atomic E-state index is 13.9. The predicted molar refractivity (Wildman–Crippen MR) is 69.4 cm³/mol. The Morgan fingerprint density at radius 3 is 2.50 bits per heavy atom. The van der Waals surface area contributed by atoms with E-state index in [9.17, 15) is 30.8 Å². The van der Waals surface area contributed by atoms with Gasteiger partial charge in [-0.1, -0.05) is 0 Å². The first-order valence-corrected chi connectivity index (χ1v) is 8.30. The smallest absolute Gasteiger partial charge is 0.305 e. The van der Waals surface area contributed by atoms with Gasteiger partial charge < -0.3 is 4.90 Å². The molecule has 22 heavy (non-hydrogen) atoms. The third-order valence-electron chi connectivity index (χ3n) is 4.01. The van der Waals surface area contributed by atoms with Crippen LogP contribution in [0.1, 0.15) is 12.0 Å². The van der Waals surface area contributed by atoms with Crippen LogP contribution in [0.4, 0.5) is 23.2 Å². The Labute approximate surface area is 123 Å². The zero-order valence-corrected chi connectivity index (χ0v) is 11.9. The van der Waals surface area contributed by atoms with Crippen molar-refractivity contribution in [2.75, 3.05) is 16.4 Å². The number of rotatable bonds is 1. The van der Waals surface area contributed by atoms with E-state index in [0.29, 0.717) is 18.2 Å². The fourth-order valence-corrected chi connectivity index (χ4v) is 5.15. The summed E-state index contributed by atoms with van der Waals surface area (Å²) in [7, 11) is -3.36. The summed E-state index contributed by atoms with van der Waals surface area (Å²) in [6, 6.07) is 0.987. The summed E-state index contributed by atoms with van der Waals surface area (Å²) in [6.07, 6.45) is -4.77. The van der Waals surface area contributed by atoms with Gasteiger partial charge in [0.2, 0.25) is 5.91 Å². The lowest BCUT2D eigenvalue weighted by atomic mass is 10.0. The number of hydrogen-bond acceptors (Lipinski definition) is 3. The number of amides is 1. The fraction of sp³-hybridized carbons (Fsp3) is 0.462. The van der Waals surface area contributed by atoms with Crippen molar-refractivity contribution in [3.8, 4) is 0 Å². The third kappa shape index (κ3) is 2.47. The Morgan fingerprint density at radius 2 is 1.86 bits per heavy atom. The number of benzene rings is 1. The highest BCUT2D eigenvalue weighted by molar-refractivity contribution is 7.91. The molecular weight excluding hydrogens is 326 g/mol. The van der Waals surface area contributed by atoms with Crippen molar-refractivity contribution in [2.24, 2.45) is 5.92 Å². The number of nitrogens with zero attached hydrogens (tertiary/aromatic N) is 1. The molecule has 2 heterocycles. The molecule has 1 aromatic carbocycles. The topological polar surface area (TPSA) is 54.5 Å². The van der Waals surface area contributed by atoms with Gasteiger partial charge >= 0.3 is 6.18 Å². The van der Waals surface area contributed by atoms with Crippen molar-refractivity contribution in [2.45, 2.75) is 18.6 Å². The molecule has 2 saturated heterocycles. The van der Waals surface area contributed by atoms with Gasteiger partial charge in [-0.05, 0) is 18.2 Å². The number of sulfone groups is 1. The van der Waals surface area contributed by atoms with E-state index in [1.165, 1.54) is 0 Å². The summed E-state index contributed by atoms with van der Waals surface area (Å²) in [4.78, 5) is 12.9. The predicted octanol–water partition coefficient (Wildman–Crippen LogP) is 1.99. The van der Waals surface area contributed by atoms with E-state index in [0.717, 1.165) is 4.90 Å². The first kappa shape index (κ1) is 15.3. The molecular formula is C13H11F4NO3S. The molecule has 9 heteroatoms. The molecule has 0 aromatic heterocycles. The summed E-state index contributed by atoms with van der Waals surface area (Å²) in [5, 5.41) is 0. The monoisotopic (exact) mass is 337 g/mol. The molecule has 1 aromatic rings. The number of carbonyl (C=O) groups is 1. The average molecular weight is 337 g/mol. The van der Waals surface area contributed by atoms with Gasteiger partial charge in [-0.15, -0.1) is 0 Å². The highest BCUT2D eigenvalue weighted by Gasteiger charge is 2.50. The summed E-state index contributed by atoms with van der Waals surface area (Å²) in [5.74, 6) is -2.57. The summed E-state index contributed by atoms with van der Waals surface area (Å²) in [6.45, 7) is 0. The Bertz CT molecular complexity index is 744. The van der Waals surface area contributed by atoms with Gasteiger partial charge in [0, 0.05) is 12.3 Å². The average Bonchev–Trinajstić information content (AvgIpc) is 2.79. The highest BCUT2D eigenvalue weighted by atomic mass is 32.2. The summed E-state index contributed by atoms with van der Waals surface area (Å²) >= 11 is 0. The van der Waals surface area contributed by atoms with Gasteiger partial charge in [0.15, 0.2) is 9.84 Å². The quantitative estimate of drug-likeness (QED) is 0.737. The number of anilines is 1. The van der Waals surface area contributed by atoms with Gasteiger partial charge in [0.05, 0.1) is 28.8 Å². The zero-order chi connectivity index (χ0) is 16.3. The number of hydrogen-bond donors (Lipinski definition) is 0. The Hall–Kier alpha value is -1.64. The molecule has 2 aliphatic heterocycles. The van der Waals surface area contributed by atoms with E-state index in [1.807, 2.05) is 0 Å². The molecule has 0 spiro atoms. The van der Waals surface area contributed by atoms with Crippen LogP contribution in [0.2, 0.25) is 0 Å². The van der Waals surface area contributed by atoms with Gasteiger partial charge in [-0.25, -0.2) is 12.8 Å². The lowest BCUT2D eigenvalue weighted by molar-refractivity contribution is -0.137. The van der Waals surface area contributed by atoms with Crippen LogP contribution in [-0.2, 0) is 20.8 Å². The second-order valence-electron chi connectivity index (χ2n) is 5.54. The molecule has 2 aliphatic rings. The van der Waals surface area contributed by atoms with Crippen LogP contribution in [0, 0.1) is 11.7 Å². The van der Waals surface area contributed by atoms with Gasteiger partial charge in [-0.3, -0.25) is 4.79 Å². The van der Waals surface area contributed by atoms with Crippen LogP contribution in [0.25, 0.3) is 0 Å². The molecule has 2 fully saturated rings. The molecule has 0 N–H and O–H groups in total. The molecule has 3 rings (SSSR count). The van der Waals surface area contributed by atoms with Gasteiger partial charge in [0.1, 0.15) is 5.82 Å². The Kier molecular flexibility index (Phi) is 3.24.